The number of sulfonamides is 1. The largest absolute Gasteiger partial charge is 0.478 e. The van der Waals surface area contributed by atoms with E-state index in [9.17, 15) is 31.5 Å². The van der Waals surface area contributed by atoms with E-state index < -0.39 is 39.3 Å². The molecule has 38 heavy (non-hydrogen) atoms. The molecule has 3 aromatic carbocycles. The minimum atomic E-state index is -4.82. The van der Waals surface area contributed by atoms with Crippen molar-refractivity contribution < 1.29 is 31.5 Å². The molecule has 202 valence electrons. The molecule has 0 saturated carbocycles. The van der Waals surface area contributed by atoms with Crippen LogP contribution < -0.4 is 4.90 Å². The lowest BCUT2D eigenvalue weighted by Crippen LogP contribution is -2.41. The number of rotatable bonds is 5. The Morgan fingerprint density at radius 1 is 1.11 bits per heavy atom. The van der Waals surface area contributed by atoms with Crippen molar-refractivity contribution in [3.8, 4) is 11.1 Å². The molecule has 0 bridgehead atoms. The Balaban J connectivity index is 2.00. The topological polar surface area (TPSA) is 77.9 Å². The van der Waals surface area contributed by atoms with Gasteiger partial charge in [0.05, 0.1) is 21.8 Å². The Morgan fingerprint density at radius 3 is 2.34 bits per heavy atom. The van der Waals surface area contributed by atoms with Gasteiger partial charge in [0, 0.05) is 30.9 Å². The lowest BCUT2D eigenvalue weighted by molar-refractivity contribution is -0.137. The van der Waals surface area contributed by atoms with Gasteiger partial charge in [-0.3, -0.25) is 0 Å². The second kappa shape index (κ2) is 10.2. The zero-order valence-corrected chi connectivity index (χ0v) is 22.4. The number of hydrogen-bond acceptors (Lipinski definition) is 4. The van der Waals surface area contributed by atoms with Gasteiger partial charge in [-0.1, -0.05) is 43.6 Å². The summed E-state index contributed by atoms with van der Waals surface area (Å²) in [5.41, 5.74) is -0.939. The highest BCUT2D eigenvalue weighted by molar-refractivity contribution is 7.89. The fourth-order valence-corrected chi connectivity index (χ4v) is 6.47. The van der Waals surface area contributed by atoms with Gasteiger partial charge < -0.3 is 10.0 Å². The minimum Gasteiger partial charge on any atom is -0.478 e. The molecule has 0 fully saturated rings. The molecule has 4 rings (SSSR count). The molecule has 0 aliphatic carbocycles. The van der Waals surface area contributed by atoms with E-state index in [0.29, 0.717) is 19.0 Å². The molecule has 0 saturated heterocycles. The Morgan fingerprint density at radius 2 is 1.76 bits per heavy atom. The number of carbonyl (C=O) groups is 1. The quantitative estimate of drug-likeness (QED) is 0.363. The molecule has 1 atom stereocenters. The van der Waals surface area contributed by atoms with Gasteiger partial charge in [0.25, 0.3) is 0 Å². The number of alkyl halides is 3. The normalized spacial score (nSPS) is 17.8. The van der Waals surface area contributed by atoms with Gasteiger partial charge in [-0.25, -0.2) is 13.2 Å². The fraction of sp³-hybridized carbons (Fsp3) is 0.296. The van der Waals surface area contributed by atoms with Crippen LogP contribution in [0.25, 0.3) is 11.1 Å². The first kappa shape index (κ1) is 27.9. The van der Waals surface area contributed by atoms with Crippen molar-refractivity contribution in [2.75, 3.05) is 18.5 Å². The van der Waals surface area contributed by atoms with Gasteiger partial charge in [-0.05, 0) is 60.4 Å². The number of carboxylic acids is 1. The van der Waals surface area contributed by atoms with E-state index in [-0.39, 0.29) is 32.7 Å². The number of para-hydroxylation sites is 1. The van der Waals surface area contributed by atoms with E-state index in [1.54, 1.807) is 0 Å². The standard InChI is InChI=1S/C27H26ClF3N2O4S/c1-16(2)9-21-15-33(20-7-5-4-6-8-20)24-14-23(28)22(13-25(24)38(36,37)32(21)3)17-10-18(26(34)35)12-19(11-17)27(29,30)31/h4-8,10-14,16,21H,9,15H2,1-3H3,(H,34,35)/t21-/m1/s1. The summed E-state index contributed by atoms with van der Waals surface area (Å²) in [7, 11) is -2.62. The van der Waals surface area contributed by atoms with Gasteiger partial charge in [0.2, 0.25) is 10.0 Å². The lowest BCUT2D eigenvalue weighted by Gasteiger charge is -2.30. The van der Waals surface area contributed by atoms with Crippen LogP contribution in [0, 0.1) is 5.92 Å². The summed E-state index contributed by atoms with van der Waals surface area (Å²) in [6.45, 7) is 4.31. The molecule has 0 radical (unpaired) electrons. The van der Waals surface area contributed by atoms with Crippen LogP contribution in [0.2, 0.25) is 5.02 Å². The van der Waals surface area contributed by atoms with Crippen molar-refractivity contribution in [1.29, 1.82) is 0 Å². The van der Waals surface area contributed by atoms with Crippen molar-refractivity contribution in [3.05, 3.63) is 76.8 Å². The minimum absolute atomic E-state index is 0.0134. The van der Waals surface area contributed by atoms with E-state index in [0.717, 1.165) is 17.8 Å². The first-order valence-electron chi connectivity index (χ1n) is 11.8. The second-order valence-electron chi connectivity index (χ2n) is 9.65. The highest BCUT2D eigenvalue weighted by atomic mass is 35.5. The third kappa shape index (κ3) is 5.39. The van der Waals surface area contributed by atoms with Crippen LogP contribution >= 0.6 is 11.6 Å². The Labute approximate surface area is 224 Å². The van der Waals surface area contributed by atoms with Gasteiger partial charge in [-0.2, -0.15) is 17.5 Å². The van der Waals surface area contributed by atoms with Crippen LogP contribution in [0.3, 0.4) is 0 Å². The van der Waals surface area contributed by atoms with Crippen LogP contribution in [0.5, 0.6) is 0 Å². The molecule has 3 aromatic rings. The molecule has 11 heteroatoms. The van der Waals surface area contributed by atoms with Gasteiger partial charge in [0.1, 0.15) is 4.90 Å². The third-order valence-electron chi connectivity index (χ3n) is 6.53. The molecule has 0 spiro atoms. The van der Waals surface area contributed by atoms with Crippen molar-refractivity contribution in [1.82, 2.24) is 4.31 Å². The predicted molar refractivity (Wildman–Crippen MR) is 140 cm³/mol. The lowest BCUT2D eigenvalue weighted by atomic mass is 9.98. The average Bonchev–Trinajstić information content (AvgIpc) is 2.91. The average molecular weight is 567 g/mol. The zero-order chi connectivity index (χ0) is 28.0. The molecule has 1 N–H and O–H groups in total. The molecule has 1 heterocycles. The summed E-state index contributed by atoms with van der Waals surface area (Å²) in [5.74, 6) is -1.36. The van der Waals surface area contributed by atoms with Crippen LogP contribution in [0.4, 0.5) is 24.5 Å². The van der Waals surface area contributed by atoms with Crippen LogP contribution in [0.1, 0.15) is 36.2 Å². The number of fused-ring (bicyclic) bond motifs is 1. The predicted octanol–water partition coefficient (Wildman–Crippen LogP) is 6.91. The van der Waals surface area contributed by atoms with E-state index >= 15 is 0 Å². The van der Waals surface area contributed by atoms with Gasteiger partial charge in [-0.15, -0.1) is 0 Å². The molecular weight excluding hydrogens is 541 g/mol. The smallest absolute Gasteiger partial charge is 0.416 e. The second-order valence-corrected chi connectivity index (χ2v) is 12.0. The number of likely N-dealkylation sites (N-methyl/N-ethyl adjacent to an activating group) is 1. The maximum Gasteiger partial charge on any atom is 0.416 e. The Hall–Kier alpha value is -3.08. The van der Waals surface area contributed by atoms with Crippen LogP contribution in [-0.4, -0.2) is 43.4 Å². The number of nitrogens with zero attached hydrogens (tertiary/aromatic N) is 2. The van der Waals surface area contributed by atoms with Crippen LogP contribution in [-0.2, 0) is 16.2 Å². The molecule has 1 aliphatic heterocycles. The first-order valence-corrected chi connectivity index (χ1v) is 13.6. The molecular formula is C27H26ClF3N2O4S. The SMILES string of the molecule is CC(C)C[C@@H]1CN(c2ccccc2)c2cc(Cl)c(-c3cc(C(=O)O)cc(C(F)(F)F)c3)cc2S(=O)(=O)N1C. The zero-order valence-electron chi connectivity index (χ0n) is 20.8. The van der Waals surface area contributed by atoms with Crippen molar-refractivity contribution in [3.63, 3.8) is 0 Å². The van der Waals surface area contributed by atoms with Crippen LogP contribution in [0.15, 0.2) is 65.6 Å². The molecule has 6 nitrogen and oxygen atoms in total. The molecule has 0 aromatic heterocycles. The fourth-order valence-electron chi connectivity index (χ4n) is 4.65. The first-order chi connectivity index (χ1) is 17.7. The molecule has 0 amide bonds. The Kier molecular flexibility index (Phi) is 7.53. The monoisotopic (exact) mass is 566 g/mol. The summed E-state index contributed by atoms with van der Waals surface area (Å²) in [6.07, 6.45) is -4.25. The summed E-state index contributed by atoms with van der Waals surface area (Å²) in [4.78, 5) is 13.3. The number of hydrogen-bond donors (Lipinski definition) is 1. The summed E-state index contributed by atoms with van der Waals surface area (Å²) in [6, 6.07) is 13.7. The number of anilines is 2. The number of aromatic carboxylic acids is 1. The van der Waals surface area contributed by atoms with E-state index in [4.69, 9.17) is 11.6 Å². The molecule has 1 aliphatic rings. The van der Waals surface area contributed by atoms with Gasteiger partial charge >= 0.3 is 12.1 Å². The van der Waals surface area contributed by atoms with Gasteiger partial charge in [0.15, 0.2) is 0 Å². The van der Waals surface area contributed by atoms with E-state index in [1.165, 1.54) is 23.5 Å². The summed E-state index contributed by atoms with van der Waals surface area (Å²) >= 11 is 6.59. The third-order valence-corrected chi connectivity index (χ3v) is 8.79. The number of benzene rings is 3. The maximum absolute atomic E-state index is 13.9. The van der Waals surface area contributed by atoms with E-state index in [2.05, 4.69) is 0 Å². The highest BCUT2D eigenvalue weighted by Crippen LogP contribution is 2.44. The number of carboxylic acid groups (broad SMARTS) is 1. The highest BCUT2D eigenvalue weighted by Gasteiger charge is 2.38. The maximum atomic E-state index is 13.9. The van der Waals surface area contributed by atoms with Crippen molar-refractivity contribution in [2.24, 2.45) is 5.92 Å². The Bertz CT molecular complexity index is 1480. The summed E-state index contributed by atoms with van der Waals surface area (Å²) < 4.78 is 69.8. The van der Waals surface area contributed by atoms with E-state index in [1.807, 2.05) is 49.1 Å². The van der Waals surface area contributed by atoms with Crippen molar-refractivity contribution >= 4 is 39.0 Å². The molecule has 0 unspecified atom stereocenters. The van der Waals surface area contributed by atoms with Crippen molar-refractivity contribution in [2.45, 2.75) is 37.4 Å². The summed E-state index contributed by atoms with van der Waals surface area (Å²) in [5, 5.41) is 9.40. The number of halogens is 4.